The molecule has 7 heteroatoms. The van der Waals surface area contributed by atoms with Crippen LogP contribution < -0.4 is 4.74 Å². The van der Waals surface area contributed by atoms with Gasteiger partial charge in [0.05, 0.1) is 12.7 Å². The van der Waals surface area contributed by atoms with Crippen molar-refractivity contribution in [3.8, 4) is 5.75 Å². The van der Waals surface area contributed by atoms with E-state index >= 15 is 0 Å². The van der Waals surface area contributed by atoms with Gasteiger partial charge in [-0.2, -0.15) is 0 Å². The van der Waals surface area contributed by atoms with Crippen LogP contribution in [0.2, 0.25) is 5.02 Å². The second-order valence-electron chi connectivity index (χ2n) is 10.5. The van der Waals surface area contributed by atoms with Crippen LogP contribution in [-0.2, 0) is 16.8 Å². The van der Waals surface area contributed by atoms with E-state index in [-0.39, 0.29) is 0 Å². The maximum atomic E-state index is 11.0. The van der Waals surface area contributed by atoms with Crippen LogP contribution in [0.15, 0.2) is 42.5 Å². The molecular weight excluding hydrogens is 468 g/mol. The quantitative estimate of drug-likeness (QED) is 0.440. The normalized spacial score (nSPS) is 36.1. The summed E-state index contributed by atoms with van der Waals surface area (Å²) in [5.74, 6) is 2.66. The third-order valence-electron chi connectivity index (χ3n) is 8.05. The van der Waals surface area contributed by atoms with E-state index < -0.39 is 36.6 Å². The number of rotatable bonds is 8. The lowest BCUT2D eigenvalue weighted by Crippen LogP contribution is -2.63. The fourth-order valence-electron chi connectivity index (χ4n) is 6.03. The van der Waals surface area contributed by atoms with E-state index in [1.807, 2.05) is 37.3 Å². The minimum atomic E-state index is -1.44. The van der Waals surface area contributed by atoms with Crippen molar-refractivity contribution in [2.45, 2.75) is 81.6 Å². The number of aliphatic hydroxyl groups excluding tert-OH is 4. The highest BCUT2D eigenvalue weighted by molar-refractivity contribution is 6.31. The van der Waals surface area contributed by atoms with E-state index in [2.05, 4.69) is 0 Å². The number of benzene rings is 2. The van der Waals surface area contributed by atoms with Crippen LogP contribution in [0.1, 0.15) is 55.7 Å². The Hall–Kier alpha value is -1.67. The average molecular weight is 503 g/mol. The second kappa shape index (κ2) is 10.0. The molecule has 2 saturated carbocycles. The van der Waals surface area contributed by atoms with E-state index in [9.17, 15) is 20.4 Å². The number of halogens is 1. The van der Waals surface area contributed by atoms with Crippen molar-refractivity contribution in [3.63, 3.8) is 0 Å². The number of aliphatic hydroxyl groups is 4. The monoisotopic (exact) mass is 502 g/mol. The van der Waals surface area contributed by atoms with Gasteiger partial charge in [0.1, 0.15) is 35.8 Å². The van der Waals surface area contributed by atoms with Crippen molar-refractivity contribution in [2.75, 3.05) is 6.61 Å². The third-order valence-corrected chi connectivity index (χ3v) is 8.42. The first-order valence-electron chi connectivity index (χ1n) is 12.7. The summed E-state index contributed by atoms with van der Waals surface area (Å²) in [5.41, 5.74) is 1.33. The molecule has 2 aliphatic carbocycles. The Bertz CT molecular complexity index is 1020. The Morgan fingerprint density at radius 2 is 1.71 bits per heavy atom. The SMILES string of the molecule is CCCC1(c2ccc(Cl)c(Cc3ccc(O[C@H]4C[C@@H]5C[C@@H]5C4)cc3)c2)O[C@H](CO)[C@@H](O)[C@H](O)[C@H]1O. The van der Waals surface area contributed by atoms with Gasteiger partial charge < -0.3 is 29.9 Å². The molecule has 2 aromatic rings. The third kappa shape index (κ3) is 4.85. The summed E-state index contributed by atoms with van der Waals surface area (Å²) >= 11 is 6.56. The van der Waals surface area contributed by atoms with Gasteiger partial charge in [0.25, 0.3) is 0 Å². The van der Waals surface area contributed by atoms with Crippen molar-refractivity contribution in [1.29, 1.82) is 0 Å². The van der Waals surface area contributed by atoms with Crippen LogP contribution in [0.25, 0.3) is 0 Å². The zero-order valence-electron chi connectivity index (χ0n) is 20.0. The fraction of sp³-hybridized carbons (Fsp3) is 0.571. The Morgan fingerprint density at radius 3 is 2.37 bits per heavy atom. The highest BCUT2D eigenvalue weighted by Crippen LogP contribution is 2.52. The number of hydrogen-bond acceptors (Lipinski definition) is 6. The molecule has 1 aliphatic heterocycles. The molecule has 1 unspecified atom stereocenters. The smallest absolute Gasteiger partial charge is 0.122 e. The number of ether oxygens (including phenoxy) is 2. The molecule has 35 heavy (non-hydrogen) atoms. The summed E-state index contributed by atoms with van der Waals surface area (Å²) in [5, 5.41) is 42.1. The Kier molecular flexibility index (Phi) is 7.14. The van der Waals surface area contributed by atoms with Gasteiger partial charge in [-0.25, -0.2) is 0 Å². The zero-order chi connectivity index (χ0) is 24.7. The Labute approximate surface area is 211 Å². The molecule has 0 amide bonds. The predicted molar refractivity (Wildman–Crippen MR) is 133 cm³/mol. The van der Waals surface area contributed by atoms with Crippen molar-refractivity contribution < 1.29 is 29.9 Å². The first-order valence-corrected chi connectivity index (χ1v) is 13.1. The average Bonchev–Trinajstić information content (AvgIpc) is 3.47. The van der Waals surface area contributed by atoms with Crippen LogP contribution in [-0.4, -0.2) is 57.6 Å². The topological polar surface area (TPSA) is 99.4 Å². The highest BCUT2D eigenvalue weighted by atomic mass is 35.5. The lowest BCUT2D eigenvalue weighted by Gasteiger charge is -2.49. The van der Waals surface area contributed by atoms with Crippen molar-refractivity contribution in [1.82, 2.24) is 0 Å². The Balaban J connectivity index is 1.36. The summed E-state index contributed by atoms with van der Waals surface area (Å²) in [6, 6.07) is 13.6. The maximum Gasteiger partial charge on any atom is 0.122 e. The molecule has 5 rings (SSSR count). The van der Waals surface area contributed by atoms with Gasteiger partial charge in [-0.15, -0.1) is 0 Å². The summed E-state index contributed by atoms with van der Waals surface area (Å²) in [6.45, 7) is 1.49. The molecule has 4 N–H and O–H groups in total. The van der Waals surface area contributed by atoms with Gasteiger partial charge in [-0.3, -0.25) is 0 Å². The first-order chi connectivity index (χ1) is 16.8. The maximum absolute atomic E-state index is 11.0. The zero-order valence-corrected chi connectivity index (χ0v) is 20.8. The molecule has 190 valence electrons. The Morgan fingerprint density at radius 1 is 1.00 bits per heavy atom. The molecule has 2 aromatic carbocycles. The molecule has 0 radical (unpaired) electrons. The van der Waals surface area contributed by atoms with E-state index in [1.165, 1.54) is 19.3 Å². The van der Waals surface area contributed by atoms with E-state index in [0.717, 1.165) is 28.7 Å². The van der Waals surface area contributed by atoms with Crippen molar-refractivity contribution in [2.24, 2.45) is 11.8 Å². The van der Waals surface area contributed by atoms with Crippen LogP contribution in [0.5, 0.6) is 5.75 Å². The molecule has 6 nitrogen and oxygen atoms in total. The van der Waals surface area contributed by atoms with Crippen molar-refractivity contribution >= 4 is 11.6 Å². The van der Waals surface area contributed by atoms with Gasteiger partial charge in [-0.05, 0) is 78.8 Å². The van der Waals surface area contributed by atoms with E-state index in [4.69, 9.17) is 21.1 Å². The lowest BCUT2D eigenvalue weighted by molar-refractivity contribution is -0.282. The van der Waals surface area contributed by atoms with Crippen LogP contribution in [0.3, 0.4) is 0 Å². The summed E-state index contributed by atoms with van der Waals surface area (Å²) in [6.07, 6.45) is 0.537. The van der Waals surface area contributed by atoms with Gasteiger partial charge >= 0.3 is 0 Å². The van der Waals surface area contributed by atoms with Crippen LogP contribution in [0.4, 0.5) is 0 Å². The van der Waals surface area contributed by atoms with Crippen molar-refractivity contribution in [3.05, 3.63) is 64.2 Å². The van der Waals surface area contributed by atoms with Gasteiger partial charge in [0.15, 0.2) is 0 Å². The molecule has 0 aromatic heterocycles. The van der Waals surface area contributed by atoms with Crippen LogP contribution >= 0.6 is 11.6 Å². The molecule has 1 saturated heterocycles. The van der Waals surface area contributed by atoms with E-state index in [1.54, 1.807) is 12.1 Å². The molecule has 0 bridgehead atoms. The van der Waals surface area contributed by atoms with E-state index in [0.29, 0.717) is 36.0 Å². The van der Waals surface area contributed by atoms with Gasteiger partial charge in [-0.1, -0.05) is 49.2 Å². The van der Waals surface area contributed by atoms with Gasteiger partial charge in [0, 0.05) is 5.02 Å². The molecule has 8 atom stereocenters. The number of fused-ring (bicyclic) bond motifs is 1. The molecule has 3 fully saturated rings. The standard InChI is InChI=1S/C28H35ClO6/c1-2-9-28(27(33)26(32)25(31)24(15-30)35-28)20-5-8-23(29)19(12-20)10-16-3-6-21(7-4-16)34-22-13-17-11-18(17)14-22/h3-8,12,17-18,22,24-27,30-33H,2,9-11,13-15H2,1H3/t17-,18+,22-,24-,25-,26+,27-,28?/m1/s1. The molecule has 3 aliphatic rings. The fourth-order valence-corrected chi connectivity index (χ4v) is 6.21. The minimum absolute atomic E-state index is 0.337. The number of hydrogen-bond donors (Lipinski definition) is 4. The predicted octanol–water partition coefficient (Wildman–Crippen LogP) is 3.58. The largest absolute Gasteiger partial charge is 0.490 e. The summed E-state index contributed by atoms with van der Waals surface area (Å²) in [7, 11) is 0. The summed E-state index contributed by atoms with van der Waals surface area (Å²) < 4.78 is 12.3. The molecule has 0 spiro atoms. The minimum Gasteiger partial charge on any atom is -0.490 e. The second-order valence-corrected chi connectivity index (χ2v) is 10.9. The molecular formula is C28H35ClO6. The highest BCUT2D eigenvalue weighted by Gasteiger charge is 2.53. The lowest BCUT2D eigenvalue weighted by atomic mass is 9.76. The molecule has 1 heterocycles. The first kappa shape index (κ1) is 25.0. The van der Waals surface area contributed by atoms with Gasteiger partial charge in [0.2, 0.25) is 0 Å². The van der Waals surface area contributed by atoms with Crippen LogP contribution in [0, 0.1) is 11.8 Å². The summed E-state index contributed by atoms with van der Waals surface area (Å²) in [4.78, 5) is 0.